The van der Waals surface area contributed by atoms with Gasteiger partial charge in [-0.3, -0.25) is 14.6 Å². The molecule has 0 bridgehead atoms. The monoisotopic (exact) mass is 343 g/mol. The molecule has 0 spiro atoms. The number of amides is 2. The minimum absolute atomic E-state index is 0.225. The van der Waals surface area contributed by atoms with Gasteiger partial charge in [-0.2, -0.15) is 0 Å². The van der Waals surface area contributed by atoms with Gasteiger partial charge >= 0.3 is 0 Å². The summed E-state index contributed by atoms with van der Waals surface area (Å²) in [6.07, 6.45) is 3.09. The van der Waals surface area contributed by atoms with Crippen molar-refractivity contribution in [1.82, 2.24) is 4.98 Å². The third-order valence-electron chi connectivity index (χ3n) is 3.18. The second kappa shape index (κ2) is 8.68. The van der Waals surface area contributed by atoms with Gasteiger partial charge in [0.05, 0.1) is 24.6 Å². The lowest BCUT2D eigenvalue weighted by Gasteiger charge is -2.17. The van der Waals surface area contributed by atoms with Gasteiger partial charge in [0.2, 0.25) is 5.91 Å². The number of ether oxygens (including phenoxy) is 2. The van der Waals surface area contributed by atoms with E-state index in [2.05, 4.69) is 15.6 Å². The maximum atomic E-state index is 12.4. The number of carbonyl (C=O) groups is 2. The molecule has 0 unspecified atom stereocenters. The molecule has 2 amide bonds. The Hall–Kier alpha value is -3.09. The van der Waals surface area contributed by atoms with Crippen LogP contribution < -0.4 is 20.1 Å². The first-order valence-corrected chi connectivity index (χ1v) is 7.97. The van der Waals surface area contributed by atoms with Gasteiger partial charge in [-0.05, 0) is 26.0 Å². The third-order valence-corrected chi connectivity index (χ3v) is 3.18. The number of nitrogens with one attached hydrogen (secondary N) is 2. The van der Waals surface area contributed by atoms with Gasteiger partial charge in [-0.15, -0.1) is 0 Å². The van der Waals surface area contributed by atoms with Gasteiger partial charge in [0, 0.05) is 37.0 Å². The van der Waals surface area contributed by atoms with Crippen molar-refractivity contribution in [3.05, 3.63) is 42.2 Å². The zero-order valence-electron chi connectivity index (χ0n) is 14.5. The van der Waals surface area contributed by atoms with Crippen LogP contribution in [0.2, 0.25) is 0 Å². The van der Waals surface area contributed by atoms with Crippen LogP contribution in [0.3, 0.4) is 0 Å². The molecule has 1 aromatic heterocycles. The van der Waals surface area contributed by atoms with Crippen molar-refractivity contribution < 1.29 is 19.1 Å². The van der Waals surface area contributed by atoms with Crippen LogP contribution in [0.5, 0.6) is 11.5 Å². The molecule has 2 rings (SSSR count). The summed E-state index contributed by atoms with van der Waals surface area (Å²) in [4.78, 5) is 27.7. The summed E-state index contributed by atoms with van der Waals surface area (Å²) in [5, 5.41) is 5.51. The zero-order valence-corrected chi connectivity index (χ0v) is 14.5. The molecule has 1 aromatic carbocycles. The van der Waals surface area contributed by atoms with Crippen LogP contribution in [-0.4, -0.2) is 30.0 Å². The van der Waals surface area contributed by atoms with Crippen LogP contribution in [0.25, 0.3) is 0 Å². The summed E-state index contributed by atoms with van der Waals surface area (Å²) in [5.41, 5.74) is 1.42. The second-order valence-corrected chi connectivity index (χ2v) is 5.08. The number of benzene rings is 1. The lowest BCUT2D eigenvalue weighted by atomic mass is 10.2. The molecule has 2 N–H and O–H groups in total. The van der Waals surface area contributed by atoms with Crippen LogP contribution in [0, 0.1) is 0 Å². The highest BCUT2D eigenvalue weighted by atomic mass is 16.5. The maximum absolute atomic E-state index is 12.4. The summed E-state index contributed by atoms with van der Waals surface area (Å²) in [6.45, 7) is 5.91. The van der Waals surface area contributed by atoms with Crippen LogP contribution >= 0.6 is 0 Å². The third kappa shape index (κ3) is 4.94. The Bertz CT molecular complexity index is 747. The predicted octanol–water partition coefficient (Wildman–Crippen LogP) is 3.09. The van der Waals surface area contributed by atoms with Gasteiger partial charge in [-0.1, -0.05) is 0 Å². The Labute approximate surface area is 146 Å². The molecule has 0 saturated carbocycles. The molecule has 7 nitrogen and oxygen atoms in total. The first kappa shape index (κ1) is 18.3. The van der Waals surface area contributed by atoms with Gasteiger partial charge in [0.15, 0.2) is 0 Å². The molecule has 0 aliphatic rings. The first-order chi connectivity index (χ1) is 12.0. The fourth-order valence-corrected chi connectivity index (χ4v) is 2.19. The zero-order chi connectivity index (χ0) is 18.2. The summed E-state index contributed by atoms with van der Waals surface area (Å²) in [6, 6.07) is 6.51. The quantitative estimate of drug-likeness (QED) is 0.806. The van der Waals surface area contributed by atoms with E-state index in [-0.39, 0.29) is 11.8 Å². The normalized spacial score (nSPS) is 10.0. The maximum Gasteiger partial charge on any atom is 0.255 e. The Morgan fingerprint density at radius 1 is 0.960 bits per heavy atom. The summed E-state index contributed by atoms with van der Waals surface area (Å²) in [7, 11) is 0. The predicted molar refractivity (Wildman–Crippen MR) is 95.3 cm³/mol. The molecular formula is C18H21N3O4. The highest BCUT2D eigenvalue weighted by Crippen LogP contribution is 2.37. The number of hydrogen-bond donors (Lipinski definition) is 2. The molecule has 0 radical (unpaired) electrons. The number of pyridine rings is 1. The standard InChI is InChI=1S/C18H21N3O4/c1-4-24-16-11-15(21-18(23)13-6-8-19-9-7-13)17(25-5-2)10-14(16)20-12(3)22/h6-11H,4-5H2,1-3H3,(H,20,22)(H,21,23). The second-order valence-electron chi connectivity index (χ2n) is 5.08. The van der Waals surface area contributed by atoms with Gasteiger partial charge in [-0.25, -0.2) is 0 Å². The van der Waals surface area contributed by atoms with Crippen molar-refractivity contribution in [2.45, 2.75) is 20.8 Å². The SMILES string of the molecule is CCOc1cc(NC(=O)c2ccncc2)c(OCC)cc1NC(C)=O. The Balaban J connectivity index is 2.38. The minimum Gasteiger partial charge on any atom is -0.492 e. The van der Waals surface area contributed by atoms with Gasteiger partial charge < -0.3 is 20.1 Å². The van der Waals surface area contributed by atoms with E-state index in [0.717, 1.165) is 0 Å². The molecule has 0 aliphatic carbocycles. The Kier molecular flexibility index (Phi) is 6.33. The highest BCUT2D eigenvalue weighted by molar-refractivity contribution is 6.05. The number of anilines is 2. The Morgan fingerprint density at radius 3 is 1.96 bits per heavy atom. The van der Waals surface area contributed by atoms with E-state index in [1.165, 1.54) is 6.92 Å². The fourth-order valence-electron chi connectivity index (χ4n) is 2.19. The van der Waals surface area contributed by atoms with Crippen molar-refractivity contribution in [1.29, 1.82) is 0 Å². The van der Waals surface area contributed by atoms with E-state index in [9.17, 15) is 9.59 Å². The smallest absolute Gasteiger partial charge is 0.255 e. The average molecular weight is 343 g/mol. The molecule has 1 heterocycles. The van der Waals surface area contributed by atoms with Crippen molar-refractivity contribution in [3.8, 4) is 11.5 Å². The molecule has 0 atom stereocenters. The van der Waals surface area contributed by atoms with E-state index >= 15 is 0 Å². The topological polar surface area (TPSA) is 89.6 Å². The molecule has 7 heteroatoms. The lowest BCUT2D eigenvalue weighted by molar-refractivity contribution is -0.114. The summed E-state index contributed by atoms with van der Waals surface area (Å²) in [5.74, 6) is 0.373. The van der Waals surface area contributed by atoms with Crippen molar-refractivity contribution in [2.75, 3.05) is 23.8 Å². The van der Waals surface area contributed by atoms with Gasteiger partial charge in [0.25, 0.3) is 5.91 Å². The number of aromatic nitrogens is 1. The molecule has 0 fully saturated rings. The molecule has 132 valence electrons. The van der Waals surface area contributed by atoms with Crippen molar-refractivity contribution in [2.24, 2.45) is 0 Å². The minimum atomic E-state index is -0.293. The van der Waals surface area contributed by atoms with E-state index < -0.39 is 0 Å². The number of nitrogens with zero attached hydrogens (tertiary/aromatic N) is 1. The first-order valence-electron chi connectivity index (χ1n) is 7.97. The molecule has 25 heavy (non-hydrogen) atoms. The number of carbonyl (C=O) groups excluding carboxylic acids is 2. The van der Waals surface area contributed by atoms with Crippen molar-refractivity contribution in [3.63, 3.8) is 0 Å². The molecule has 0 saturated heterocycles. The van der Waals surface area contributed by atoms with Gasteiger partial charge in [0.1, 0.15) is 11.5 Å². The molecular weight excluding hydrogens is 322 g/mol. The largest absolute Gasteiger partial charge is 0.492 e. The lowest BCUT2D eigenvalue weighted by Crippen LogP contribution is -2.14. The average Bonchev–Trinajstić information content (AvgIpc) is 2.59. The van der Waals surface area contributed by atoms with Crippen molar-refractivity contribution >= 4 is 23.2 Å². The van der Waals surface area contributed by atoms with E-state index in [0.29, 0.717) is 41.7 Å². The van der Waals surface area contributed by atoms with E-state index in [1.807, 2.05) is 13.8 Å². The Morgan fingerprint density at radius 2 is 1.48 bits per heavy atom. The number of hydrogen-bond acceptors (Lipinski definition) is 5. The molecule has 2 aromatic rings. The van der Waals surface area contributed by atoms with Crippen LogP contribution in [0.15, 0.2) is 36.7 Å². The fraction of sp³-hybridized carbons (Fsp3) is 0.278. The number of rotatable bonds is 7. The van der Waals surface area contributed by atoms with Crippen LogP contribution in [-0.2, 0) is 4.79 Å². The van der Waals surface area contributed by atoms with Crippen LogP contribution in [0.1, 0.15) is 31.1 Å². The summed E-state index contributed by atoms with van der Waals surface area (Å²) >= 11 is 0. The van der Waals surface area contributed by atoms with E-state index in [1.54, 1.807) is 36.7 Å². The molecule has 0 aliphatic heterocycles. The van der Waals surface area contributed by atoms with Crippen LogP contribution in [0.4, 0.5) is 11.4 Å². The summed E-state index contributed by atoms with van der Waals surface area (Å²) < 4.78 is 11.2. The van der Waals surface area contributed by atoms with E-state index in [4.69, 9.17) is 9.47 Å². The highest BCUT2D eigenvalue weighted by Gasteiger charge is 2.16.